The number of nitrogens with zero attached hydrogens (tertiary/aromatic N) is 2. The van der Waals surface area contributed by atoms with Gasteiger partial charge >= 0.3 is 0 Å². The molecular weight excluding hydrogens is 347 g/mol. The van der Waals surface area contributed by atoms with Crippen LogP contribution in [-0.2, 0) is 0 Å². The lowest BCUT2D eigenvalue weighted by Gasteiger charge is -2.17. The normalized spacial score (nSPS) is 12.5. The molecule has 0 saturated heterocycles. The maximum atomic E-state index is 14.2. The number of hydrogen-bond donors (Lipinski definition) is 1. The zero-order valence-corrected chi connectivity index (χ0v) is 13.8. The fourth-order valence-corrected chi connectivity index (χ4v) is 2.63. The lowest BCUT2D eigenvalue weighted by Crippen LogP contribution is -2.28. The van der Waals surface area contributed by atoms with E-state index in [2.05, 4.69) is 4.98 Å². The summed E-state index contributed by atoms with van der Waals surface area (Å²) in [5, 5.41) is -0.171. The van der Waals surface area contributed by atoms with Crippen molar-refractivity contribution in [3.63, 3.8) is 0 Å². The number of aromatic nitrogens is 2. The van der Waals surface area contributed by atoms with Crippen LogP contribution in [0.15, 0.2) is 47.3 Å². The molecule has 136 valence electrons. The minimum absolute atomic E-state index is 0.152. The van der Waals surface area contributed by atoms with Crippen molar-refractivity contribution >= 4 is 10.9 Å². The number of benzene rings is 2. The Morgan fingerprint density at radius 3 is 2.65 bits per heavy atom. The molecular formula is C18H16F3N3O2. The van der Waals surface area contributed by atoms with E-state index < -0.39 is 30.5 Å². The first-order valence-electron chi connectivity index (χ1n) is 7.86. The van der Waals surface area contributed by atoms with Crippen LogP contribution in [0, 0.1) is 5.82 Å². The molecule has 0 radical (unpaired) electrons. The quantitative estimate of drug-likeness (QED) is 0.756. The maximum Gasteiger partial charge on any atom is 0.272 e. The molecule has 0 aliphatic carbocycles. The summed E-state index contributed by atoms with van der Waals surface area (Å²) in [6.45, 7) is 0.865. The second-order valence-corrected chi connectivity index (χ2v) is 5.73. The second kappa shape index (κ2) is 7.17. The standard InChI is InChI=1S/C18H16F3N3O2/c1-10(22)17-23-14-7-3-6-13(19)16(14)18(25)24(17)11-4-2-5-12(8-11)26-9-15(20)21/h2-8,10,15H,9,22H2,1H3. The smallest absolute Gasteiger partial charge is 0.272 e. The highest BCUT2D eigenvalue weighted by molar-refractivity contribution is 5.78. The van der Waals surface area contributed by atoms with Crippen LogP contribution in [0.4, 0.5) is 13.2 Å². The zero-order chi connectivity index (χ0) is 18.8. The van der Waals surface area contributed by atoms with E-state index in [0.29, 0.717) is 5.69 Å². The van der Waals surface area contributed by atoms with Crippen molar-refractivity contribution in [1.82, 2.24) is 9.55 Å². The molecule has 5 nitrogen and oxygen atoms in total. The first-order chi connectivity index (χ1) is 12.4. The number of rotatable bonds is 5. The first-order valence-corrected chi connectivity index (χ1v) is 7.86. The van der Waals surface area contributed by atoms with E-state index in [-0.39, 0.29) is 22.5 Å². The van der Waals surface area contributed by atoms with Crippen LogP contribution in [0.2, 0.25) is 0 Å². The highest BCUT2D eigenvalue weighted by Crippen LogP contribution is 2.21. The molecule has 8 heteroatoms. The van der Waals surface area contributed by atoms with Gasteiger partial charge in [-0.2, -0.15) is 0 Å². The third-order valence-electron chi connectivity index (χ3n) is 3.73. The molecule has 0 aliphatic heterocycles. The summed E-state index contributed by atoms with van der Waals surface area (Å²) in [7, 11) is 0. The Labute approximate surface area is 146 Å². The van der Waals surface area contributed by atoms with Gasteiger partial charge in [0.15, 0.2) is 0 Å². The Balaban J connectivity index is 2.22. The van der Waals surface area contributed by atoms with E-state index in [9.17, 15) is 18.0 Å². The fourth-order valence-electron chi connectivity index (χ4n) is 2.63. The largest absolute Gasteiger partial charge is 0.488 e. The fraction of sp³-hybridized carbons (Fsp3) is 0.222. The van der Waals surface area contributed by atoms with Crippen molar-refractivity contribution in [2.24, 2.45) is 5.73 Å². The third kappa shape index (κ3) is 3.41. The van der Waals surface area contributed by atoms with Gasteiger partial charge in [-0.15, -0.1) is 0 Å². The van der Waals surface area contributed by atoms with E-state index in [1.54, 1.807) is 19.1 Å². The molecule has 0 amide bonds. The Morgan fingerprint density at radius 2 is 1.96 bits per heavy atom. The molecule has 2 aromatic carbocycles. The number of fused-ring (bicyclic) bond motifs is 1. The average Bonchev–Trinajstić information content (AvgIpc) is 2.59. The molecule has 3 aromatic rings. The summed E-state index contributed by atoms with van der Waals surface area (Å²) >= 11 is 0. The molecule has 0 fully saturated rings. The van der Waals surface area contributed by atoms with Crippen LogP contribution in [0.3, 0.4) is 0 Å². The Bertz CT molecular complexity index is 1000. The number of nitrogens with two attached hydrogens (primary N) is 1. The molecule has 0 spiro atoms. The van der Waals surface area contributed by atoms with Gasteiger partial charge < -0.3 is 10.5 Å². The summed E-state index contributed by atoms with van der Waals surface area (Å²) in [6.07, 6.45) is -2.63. The van der Waals surface area contributed by atoms with Gasteiger partial charge in [-0.3, -0.25) is 9.36 Å². The lowest BCUT2D eigenvalue weighted by molar-refractivity contribution is 0.0819. The molecule has 1 aromatic heterocycles. The topological polar surface area (TPSA) is 70.1 Å². The van der Waals surface area contributed by atoms with Gasteiger partial charge in [-0.25, -0.2) is 18.2 Å². The first kappa shape index (κ1) is 17.9. The van der Waals surface area contributed by atoms with Crippen LogP contribution in [0.5, 0.6) is 5.75 Å². The van der Waals surface area contributed by atoms with Crippen molar-refractivity contribution in [2.45, 2.75) is 19.4 Å². The van der Waals surface area contributed by atoms with Crippen LogP contribution in [0.1, 0.15) is 18.8 Å². The predicted molar refractivity (Wildman–Crippen MR) is 91.4 cm³/mol. The van der Waals surface area contributed by atoms with Crippen molar-refractivity contribution in [1.29, 1.82) is 0 Å². The monoisotopic (exact) mass is 363 g/mol. The van der Waals surface area contributed by atoms with Crippen molar-refractivity contribution in [2.75, 3.05) is 6.61 Å². The summed E-state index contributed by atoms with van der Waals surface area (Å²) in [4.78, 5) is 17.2. The Morgan fingerprint density at radius 1 is 1.23 bits per heavy atom. The molecule has 3 rings (SSSR count). The molecule has 26 heavy (non-hydrogen) atoms. The van der Waals surface area contributed by atoms with Crippen molar-refractivity contribution in [3.8, 4) is 11.4 Å². The van der Waals surface area contributed by atoms with Gasteiger partial charge in [0.25, 0.3) is 12.0 Å². The lowest BCUT2D eigenvalue weighted by atomic mass is 10.2. The summed E-state index contributed by atoms with van der Waals surface area (Å²) in [5.41, 5.74) is 5.80. The number of hydrogen-bond acceptors (Lipinski definition) is 4. The molecule has 1 unspecified atom stereocenters. The maximum absolute atomic E-state index is 14.2. The van der Waals surface area contributed by atoms with Gasteiger partial charge in [0.1, 0.15) is 29.4 Å². The highest BCUT2D eigenvalue weighted by atomic mass is 19.3. The van der Waals surface area contributed by atoms with Crippen LogP contribution in [0.25, 0.3) is 16.6 Å². The predicted octanol–water partition coefficient (Wildman–Crippen LogP) is 3.19. The van der Waals surface area contributed by atoms with Gasteiger partial charge in [-0.1, -0.05) is 12.1 Å². The van der Waals surface area contributed by atoms with Crippen LogP contribution >= 0.6 is 0 Å². The third-order valence-corrected chi connectivity index (χ3v) is 3.73. The van der Waals surface area contributed by atoms with Gasteiger partial charge in [-0.05, 0) is 31.2 Å². The highest BCUT2D eigenvalue weighted by Gasteiger charge is 2.18. The number of halogens is 3. The summed E-state index contributed by atoms with van der Waals surface area (Å²) in [5.74, 6) is -0.326. The van der Waals surface area contributed by atoms with Crippen molar-refractivity contribution < 1.29 is 17.9 Å². The van der Waals surface area contributed by atoms with E-state index in [1.165, 1.54) is 34.9 Å². The van der Waals surface area contributed by atoms with Crippen LogP contribution in [-0.4, -0.2) is 22.6 Å². The molecule has 0 aliphatic rings. The average molecular weight is 363 g/mol. The molecule has 0 saturated carbocycles. The Kier molecular flexibility index (Phi) is 4.94. The number of alkyl halides is 2. The van der Waals surface area contributed by atoms with Gasteiger partial charge in [0, 0.05) is 6.07 Å². The zero-order valence-electron chi connectivity index (χ0n) is 13.8. The SMILES string of the molecule is CC(N)c1nc2cccc(F)c2c(=O)n1-c1cccc(OCC(F)F)c1. The number of ether oxygens (including phenoxy) is 1. The summed E-state index contributed by atoms with van der Waals surface area (Å²) in [6, 6.07) is 9.53. The molecule has 0 bridgehead atoms. The second-order valence-electron chi connectivity index (χ2n) is 5.73. The van der Waals surface area contributed by atoms with E-state index in [4.69, 9.17) is 10.5 Å². The molecule has 2 N–H and O–H groups in total. The summed E-state index contributed by atoms with van der Waals surface area (Å²) < 4.78 is 45.0. The molecule has 1 atom stereocenters. The van der Waals surface area contributed by atoms with Gasteiger partial charge in [0.05, 0.1) is 17.2 Å². The Hall–Kier alpha value is -2.87. The van der Waals surface area contributed by atoms with E-state index in [0.717, 1.165) is 0 Å². The van der Waals surface area contributed by atoms with Crippen molar-refractivity contribution in [3.05, 3.63) is 64.5 Å². The van der Waals surface area contributed by atoms with Crippen LogP contribution < -0.4 is 16.0 Å². The van der Waals surface area contributed by atoms with E-state index >= 15 is 0 Å². The minimum Gasteiger partial charge on any atom is -0.488 e. The van der Waals surface area contributed by atoms with Gasteiger partial charge in [0.2, 0.25) is 0 Å². The minimum atomic E-state index is -2.63. The molecule has 1 heterocycles. The van der Waals surface area contributed by atoms with E-state index in [1.807, 2.05) is 0 Å².